The highest BCUT2D eigenvalue weighted by Crippen LogP contribution is 2.41. The van der Waals surface area contributed by atoms with Crippen molar-refractivity contribution in [1.82, 2.24) is 19.9 Å². The van der Waals surface area contributed by atoms with Crippen LogP contribution in [-0.2, 0) is 10.3 Å². The second-order valence-electron chi connectivity index (χ2n) is 7.19. The molecular weight excluding hydrogens is 432 g/mol. The van der Waals surface area contributed by atoms with E-state index in [0.717, 1.165) is 6.20 Å². The van der Waals surface area contributed by atoms with Crippen molar-refractivity contribution in [2.45, 2.75) is 31.2 Å². The number of anilines is 2. The number of pyridine rings is 2. The first-order chi connectivity index (χ1) is 15.1. The number of hydrogen-bond donors (Lipinski definition) is 2. The van der Waals surface area contributed by atoms with Gasteiger partial charge in [-0.1, -0.05) is 0 Å². The minimum absolute atomic E-state index is 0.207. The minimum Gasteiger partial charge on any atom is -0.452 e. The van der Waals surface area contributed by atoms with Crippen LogP contribution in [0, 0.1) is 17.3 Å². The van der Waals surface area contributed by atoms with Crippen LogP contribution in [-0.4, -0.2) is 38.2 Å². The number of fused-ring (bicyclic) bond motifs is 1. The maximum atomic E-state index is 14.6. The maximum Gasteiger partial charge on any atom is 0.425 e. The topological polar surface area (TPSA) is 135 Å². The van der Waals surface area contributed by atoms with Crippen LogP contribution in [0.3, 0.4) is 0 Å². The van der Waals surface area contributed by atoms with Gasteiger partial charge in [0.1, 0.15) is 17.9 Å². The van der Waals surface area contributed by atoms with E-state index in [1.54, 1.807) is 0 Å². The van der Waals surface area contributed by atoms with E-state index in [4.69, 9.17) is 11.0 Å². The molecule has 0 saturated heterocycles. The number of halogens is 4. The lowest BCUT2D eigenvalue weighted by atomic mass is 9.86. The maximum absolute atomic E-state index is 14.6. The van der Waals surface area contributed by atoms with Crippen LogP contribution in [0.15, 0.2) is 35.8 Å². The van der Waals surface area contributed by atoms with Crippen LogP contribution < -0.4 is 11.1 Å². The Morgan fingerprint density at radius 3 is 2.72 bits per heavy atom. The molecule has 3 N–H and O–H groups in total. The molecule has 164 valence electrons. The van der Waals surface area contributed by atoms with Crippen molar-refractivity contribution in [3.8, 4) is 6.07 Å². The number of alkyl halides is 3. The van der Waals surface area contributed by atoms with Crippen LogP contribution in [0.2, 0.25) is 0 Å². The lowest BCUT2D eigenvalue weighted by Gasteiger charge is -2.35. The molecule has 0 unspecified atom stereocenters. The zero-order chi connectivity index (χ0) is 23.1. The summed E-state index contributed by atoms with van der Waals surface area (Å²) in [6.45, 7) is 1.32. The van der Waals surface area contributed by atoms with Gasteiger partial charge in [0, 0.05) is 18.2 Å². The molecule has 3 aromatic heterocycles. The van der Waals surface area contributed by atoms with Crippen molar-refractivity contribution in [2.24, 2.45) is 10.7 Å². The largest absolute Gasteiger partial charge is 0.452 e. The number of nitrogens with two attached hydrogens (primary N) is 1. The molecule has 0 radical (unpaired) electrons. The average Bonchev–Trinajstić information content (AvgIpc) is 2.73. The smallest absolute Gasteiger partial charge is 0.425 e. The molecule has 4 heterocycles. The monoisotopic (exact) mass is 446 g/mol. The van der Waals surface area contributed by atoms with E-state index in [2.05, 4.69) is 35.0 Å². The van der Waals surface area contributed by atoms with Gasteiger partial charge in [0.05, 0.1) is 28.5 Å². The number of nitriles is 1. The summed E-state index contributed by atoms with van der Waals surface area (Å²) in [7, 11) is 0. The van der Waals surface area contributed by atoms with Gasteiger partial charge in [-0.05, 0) is 19.1 Å². The number of hydrogen-bond acceptors (Lipinski definition) is 9. The molecule has 4 rings (SSSR count). The van der Waals surface area contributed by atoms with Gasteiger partial charge in [0.15, 0.2) is 11.9 Å². The fraction of sp³-hybridized carbons (Fsp3) is 0.263. The number of nitrogens with one attached hydrogen (secondary N) is 1. The Balaban J connectivity index is 1.72. The van der Waals surface area contributed by atoms with Gasteiger partial charge in [-0.15, -0.1) is 0 Å². The second kappa shape index (κ2) is 7.56. The summed E-state index contributed by atoms with van der Waals surface area (Å²) in [6, 6.07) is 4.04. The summed E-state index contributed by atoms with van der Waals surface area (Å²) in [5, 5.41) is 11.9. The number of nitrogens with zero attached hydrogens (tertiary/aromatic N) is 6. The zero-order valence-corrected chi connectivity index (χ0v) is 16.4. The Morgan fingerprint density at radius 1 is 1.22 bits per heavy atom. The third-order valence-corrected chi connectivity index (χ3v) is 4.85. The summed E-state index contributed by atoms with van der Waals surface area (Å²) in [5.74, 6) is -0.770. The zero-order valence-electron chi connectivity index (χ0n) is 16.4. The first kappa shape index (κ1) is 21.2. The second-order valence-corrected chi connectivity index (χ2v) is 7.19. The molecule has 0 fully saturated rings. The lowest BCUT2D eigenvalue weighted by molar-refractivity contribution is -0.208. The van der Waals surface area contributed by atoms with Crippen molar-refractivity contribution in [3.63, 3.8) is 0 Å². The molecule has 2 atom stereocenters. The quantitative estimate of drug-likeness (QED) is 0.463. The Hall–Kier alpha value is -4.08. The highest BCUT2D eigenvalue weighted by atomic mass is 19.4. The van der Waals surface area contributed by atoms with Crippen LogP contribution in [0.25, 0.3) is 11.0 Å². The van der Waals surface area contributed by atoms with Gasteiger partial charge in [-0.2, -0.15) is 22.8 Å². The van der Waals surface area contributed by atoms with Crippen molar-refractivity contribution in [3.05, 3.63) is 47.9 Å². The van der Waals surface area contributed by atoms with E-state index in [0.29, 0.717) is 16.6 Å². The molecule has 9 nitrogen and oxygen atoms in total. The van der Waals surface area contributed by atoms with Crippen molar-refractivity contribution < 1.29 is 22.3 Å². The standard InChI is InChI=1S/C19H14F4N8O/c1-18(4-13(19(21,22)23)32-17(25)31-18)11-3-10(7-27-15(11)20)30-16-14-12(28-8-29-16)2-9(5-24)6-26-14/h2-3,6-8,13H,4H2,1H3,(H2,25,31)(H,28,29,30)/t13-,18+/m0/s1. The van der Waals surface area contributed by atoms with Gasteiger partial charge in [-0.25, -0.2) is 24.9 Å². The van der Waals surface area contributed by atoms with Gasteiger partial charge in [0.2, 0.25) is 5.95 Å². The molecule has 0 saturated carbocycles. The van der Waals surface area contributed by atoms with E-state index in [9.17, 15) is 17.6 Å². The Labute approximate surface area is 178 Å². The predicted molar refractivity (Wildman–Crippen MR) is 104 cm³/mol. The molecular formula is C19H14F4N8O. The normalized spacial score (nSPS) is 20.9. The fourth-order valence-electron chi connectivity index (χ4n) is 3.34. The summed E-state index contributed by atoms with van der Waals surface area (Å²) < 4.78 is 58.9. The van der Waals surface area contributed by atoms with Crippen molar-refractivity contribution in [2.75, 3.05) is 5.32 Å². The molecule has 3 aromatic rings. The number of rotatable bonds is 3. The number of ether oxygens (including phenoxy) is 1. The number of aliphatic imine (C=N–C) groups is 1. The Morgan fingerprint density at radius 2 is 2.00 bits per heavy atom. The Bertz CT molecular complexity index is 1270. The Kier molecular flexibility index (Phi) is 5.00. The summed E-state index contributed by atoms with van der Waals surface area (Å²) in [4.78, 5) is 19.9. The van der Waals surface area contributed by atoms with Gasteiger partial charge in [0.25, 0.3) is 6.02 Å². The van der Waals surface area contributed by atoms with Crippen LogP contribution in [0.4, 0.5) is 29.1 Å². The summed E-state index contributed by atoms with van der Waals surface area (Å²) >= 11 is 0. The molecule has 13 heteroatoms. The fourth-order valence-corrected chi connectivity index (χ4v) is 3.34. The highest BCUT2D eigenvalue weighted by molar-refractivity contribution is 5.87. The van der Waals surface area contributed by atoms with E-state index in [1.165, 1.54) is 31.6 Å². The average molecular weight is 446 g/mol. The third kappa shape index (κ3) is 3.94. The van der Waals surface area contributed by atoms with Gasteiger partial charge >= 0.3 is 6.18 Å². The molecule has 0 aliphatic carbocycles. The lowest BCUT2D eigenvalue weighted by Crippen LogP contribution is -2.46. The molecule has 1 aliphatic rings. The van der Waals surface area contributed by atoms with Crippen LogP contribution in [0.5, 0.6) is 0 Å². The van der Waals surface area contributed by atoms with Crippen LogP contribution in [0.1, 0.15) is 24.5 Å². The molecule has 0 amide bonds. The van der Waals surface area contributed by atoms with E-state index >= 15 is 0 Å². The first-order valence-electron chi connectivity index (χ1n) is 9.12. The summed E-state index contributed by atoms with van der Waals surface area (Å²) in [6.07, 6.45) is -3.92. The third-order valence-electron chi connectivity index (χ3n) is 4.85. The van der Waals surface area contributed by atoms with Gasteiger partial charge < -0.3 is 15.8 Å². The molecule has 1 aliphatic heterocycles. The predicted octanol–water partition coefficient (Wildman–Crippen LogP) is 3.06. The number of aromatic nitrogens is 4. The molecule has 0 bridgehead atoms. The molecule has 32 heavy (non-hydrogen) atoms. The van der Waals surface area contributed by atoms with E-state index in [1.807, 2.05) is 6.07 Å². The first-order valence-corrected chi connectivity index (χ1v) is 9.12. The minimum atomic E-state index is -4.71. The molecule has 0 spiro atoms. The van der Waals surface area contributed by atoms with Crippen molar-refractivity contribution in [1.29, 1.82) is 5.26 Å². The number of amidine groups is 1. The van der Waals surface area contributed by atoms with Crippen molar-refractivity contribution >= 4 is 28.6 Å². The van der Waals surface area contributed by atoms with E-state index < -0.39 is 36.2 Å². The summed E-state index contributed by atoms with van der Waals surface area (Å²) in [5.41, 5.74) is 4.81. The van der Waals surface area contributed by atoms with E-state index in [-0.39, 0.29) is 17.1 Å². The van der Waals surface area contributed by atoms with Crippen LogP contribution >= 0.6 is 0 Å². The van der Waals surface area contributed by atoms with Gasteiger partial charge in [-0.3, -0.25) is 0 Å². The molecule has 0 aromatic carbocycles. The highest BCUT2D eigenvalue weighted by Gasteiger charge is 2.50. The SMILES string of the molecule is C[C@]1(c2cc(Nc3ncnc4cc(C#N)cnc34)cnc2F)C[C@@H](C(F)(F)F)OC(N)=N1.